The van der Waals surface area contributed by atoms with Crippen molar-refractivity contribution in [2.75, 3.05) is 0 Å². The van der Waals surface area contributed by atoms with Crippen LogP contribution in [-0.2, 0) is 9.59 Å². The Labute approximate surface area is 110 Å². The number of hydrogen-bond acceptors (Lipinski definition) is 5. The van der Waals surface area contributed by atoms with Crippen LogP contribution >= 0.6 is 0 Å². The van der Waals surface area contributed by atoms with Gasteiger partial charge in [0.05, 0.1) is 0 Å². The minimum atomic E-state index is -0.803. The first-order valence-electron chi connectivity index (χ1n) is 5.84. The molecule has 0 unspecified atom stereocenters. The maximum atomic E-state index is 11.0. The topological polar surface area (TPSA) is 166 Å². The molecule has 0 aliphatic carbocycles. The zero-order valence-electron chi connectivity index (χ0n) is 10.6. The van der Waals surface area contributed by atoms with Gasteiger partial charge in [0.1, 0.15) is 0 Å². The van der Waals surface area contributed by atoms with E-state index in [0.717, 1.165) is 0 Å². The van der Waals surface area contributed by atoms with Gasteiger partial charge in [0, 0.05) is 18.6 Å². The number of amides is 4. The average Bonchev–Trinajstić information content (AvgIpc) is 2.39. The minimum Gasteiger partial charge on any atom is -0.350 e. The molecule has 0 heterocycles. The summed E-state index contributed by atoms with van der Waals surface area (Å²) in [5, 5.41) is 0. The molecule has 4 amide bonds. The number of nitrogens with one attached hydrogen (secondary N) is 2. The normalized spacial score (nSPS) is 10.9. The number of unbranched alkanes of at least 4 members (excludes halogenated alkanes) is 1. The summed E-state index contributed by atoms with van der Waals surface area (Å²) in [5.41, 5.74) is 9.50. The summed E-state index contributed by atoms with van der Waals surface area (Å²) in [7, 11) is 0. The number of nitrogens with two attached hydrogens (primary N) is 3. The van der Waals surface area contributed by atoms with Crippen LogP contribution in [0.1, 0.15) is 38.5 Å². The third-order valence-electron chi connectivity index (χ3n) is 2.35. The molecule has 0 aromatic carbocycles. The molecule has 9 heteroatoms. The molecule has 0 saturated heterocycles. The Balaban J connectivity index is 4.11. The molecule has 8 N–H and O–H groups in total. The minimum absolute atomic E-state index is 0.131. The second-order valence-electron chi connectivity index (χ2n) is 3.86. The fraction of sp³-hybridized carbons (Fsp3) is 0.600. The summed E-state index contributed by atoms with van der Waals surface area (Å²) in [6.45, 7) is 0. The van der Waals surface area contributed by atoms with Crippen LogP contribution in [0, 0.1) is 0 Å². The number of carbonyl (C=O) groups is 3. The van der Waals surface area contributed by atoms with Crippen LogP contribution < -0.4 is 28.3 Å². The van der Waals surface area contributed by atoms with E-state index < -0.39 is 6.03 Å². The second-order valence-corrected chi connectivity index (χ2v) is 3.86. The van der Waals surface area contributed by atoms with Crippen molar-refractivity contribution in [3.63, 3.8) is 0 Å². The molecule has 0 spiro atoms. The smallest absolute Gasteiger partial charge is 0.338 e. The Kier molecular flexibility index (Phi) is 8.92. The lowest BCUT2D eigenvalue weighted by Gasteiger charge is -2.05. The highest BCUT2D eigenvalue weighted by Gasteiger charge is 2.07. The van der Waals surface area contributed by atoms with Gasteiger partial charge in [0.25, 0.3) is 0 Å². The van der Waals surface area contributed by atoms with Gasteiger partial charge >= 0.3 is 6.03 Å². The standard InChI is InChI=1S/C10H20N6O3/c11-10(19)14-7(5-6-9(18)16-13)3-1-2-4-8(17)15-12/h1-6,12-13H2,(H2,11,19)(H,15,17)(H,16,18). The van der Waals surface area contributed by atoms with Gasteiger partial charge in [-0.3, -0.25) is 20.4 Å². The number of primary amides is 1. The second kappa shape index (κ2) is 9.97. The Morgan fingerprint density at radius 2 is 1.37 bits per heavy atom. The average molecular weight is 272 g/mol. The van der Waals surface area contributed by atoms with E-state index in [1.54, 1.807) is 0 Å². The molecule has 0 aliphatic rings. The lowest BCUT2D eigenvalue weighted by molar-refractivity contribution is -0.121. The van der Waals surface area contributed by atoms with Crippen molar-refractivity contribution in [2.45, 2.75) is 38.5 Å². The van der Waals surface area contributed by atoms with Crippen molar-refractivity contribution >= 4 is 23.6 Å². The van der Waals surface area contributed by atoms with Gasteiger partial charge in [-0.1, -0.05) is 0 Å². The van der Waals surface area contributed by atoms with Crippen LogP contribution in [0.3, 0.4) is 0 Å². The molecular weight excluding hydrogens is 252 g/mol. The summed E-state index contributed by atoms with van der Waals surface area (Å²) < 4.78 is 0. The maximum Gasteiger partial charge on any atom is 0.338 e. The van der Waals surface area contributed by atoms with Gasteiger partial charge < -0.3 is 5.73 Å². The molecule has 0 radical (unpaired) electrons. The number of nitrogens with zero attached hydrogens (tertiary/aromatic N) is 1. The van der Waals surface area contributed by atoms with Gasteiger partial charge in [0.2, 0.25) is 11.8 Å². The van der Waals surface area contributed by atoms with Crippen molar-refractivity contribution < 1.29 is 14.4 Å². The van der Waals surface area contributed by atoms with E-state index in [-0.39, 0.29) is 18.2 Å². The molecule has 9 nitrogen and oxygen atoms in total. The SMILES string of the molecule is NNC(=O)CCCCC(CCC(=O)NN)=NC(N)=O. The van der Waals surface area contributed by atoms with Crippen LogP contribution in [-0.4, -0.2) is 23.6 Å². The van der Waals surface area contributed by atoms with Gasteiger partial charge in [-0.25, -0.2) is 21.5 Å². The van der Waals surface area contributed by atoms with Crippen molar-refractivity contribution in [3.05, 3.63) is 0 Å². The van der Waals surface area contributed by atoms with E-state index in [9.17, 15) is 14.4 Å². The van der Waals surface area contributed by atoms with Gasteiger partial charge in [-0.2, -0.15) is 0 Å². The molecule has 0 aromatic heterocycles. The first-order valence-corrected chi connectivity index (χ1v) is 5.84. The highest BCUT2D eigenvalue weighted by atomic mass is 16.2. The van der Waals surface area contributed by atoms with E-state index in [1.165, 1.54) is 0 Å². The molecule has 0 saturated carbocycles. The van der Waals surface area contributed by atoms with Crippen LogP contribution in [0.25, 0.3) is 0 Å². The molecule has 0 bridgehead atoms. The third kappa shape index (κ3) is 9.68. The summed E-state index contributed by atoms with van der Waals surface area (Å²) in [4.78, 5) is 36.2. The Hall–Kier alpha value is -2.00. The summed E-state index contributed by atoms with van der Waals surface area (Å²) in [6, 6.07) is -0.803. The molecule has 108 valence electrons. The van der Waals surface area contributed by atoms with Crippen molar-refractivity contribution in [1.82, 2.24) is 10.9 Å². The van der Waals surface area contributed by atoms with E-state index in [4.69, 9.17) is 17.4 Å². The number of hydrazine groups is 2. The van der Waals surface area contributed by atoms with Crippen LogP contribution in [0.4, 0.5) is 4.79 Å². The molecule has 19 heavy (non-hydrogen) atoms. The van der Waals surface area contributed by atoms with E-state index in [2.05, 4.69) is 4.99 Å². The highest BCUT2D eigenvalue weighted by molar-refractivity contribution is 5.96. The number of aliphatic imine (C=N–C) groups is 1. The Morgan fingerprint density at radius 1 is 0.842 bits per heavy atom. The van der Waals surface area contributed by atoms with E-state index in [1.807, 2.05) is 10.9 Å². The monoisotopic (exact) mass is 272 g/mol. The van der Waals surface area contributed by atoms with E-state index >= 15 is 0 Å². The summed E-state index contributed by atoms with van der Waals surface area (Å²) in [5.74, 6) is 9.28. The van der Waals surface area contributed by atoms with Crippen molar-refractivity contribution in [3.8, 4) is 0 Å². The Morgan fingerprint density at radius 3 is 1.89 bits per heavy atom. The maximum absolute atomic E-state index is 11.0. The first kappa shape index (κ1) is 17.0. The van der Waals surface area contributed by atoms with Crippen LogP contribution in [0.5, 0.6) is 0 Å². The fourth-order valence-electron chi connectivity index (χ4n) is 1.41. The number of carbonyl (C=O) groups excluding carboxylic acids is 3. The molecule has 0 atom stereocenters. The molecular formula is C10H20N6O3. The number of rotatable bonds is 8. The highest BCUT2D eigenvalue weighted by Crippen LogP contribution is 2.06. The predicted octanol–water partition coefficient (Wildman–Crippen LogP) is -1.17. The lowest BCUT2D eigenvalue weighted by Crippen LogP contribution is -2.30. The fourth-order valence-corrected chi connectivity index (χ4v) is 1.41. The summed E-state index contributed by atoms with van der Waals surface area (Å²) in [6.07, 6.45) is 2.46. The van der Waals surface area contributed by atoms with Gasteiger partial charge in [-0.05, 0) is 25.7 Å². The Bertz CT molecular complexity index is 355. The quantitative estimate of drug-likeness (QED) is 0.123. The molecule has 0 fully saturated rings. The van der Waals surface area contributed by atoms with Crippen molar-refractivity contribution in [1.29, 1.82) is 0 Å². The molecule has 0 aromatic rings. The van der Waals surface area contributed by atoms with E-state index in [0.29, 0.717) is 37.8 Å². The molecule has 0 rings (SSSR count). The third-order valence-corrected chi connectivity index (χ3v) is 2.35. The van der Waals surface area contributed by atoms with Crippen molar-refractivity contribution in [2.24, 2.45) is 22.4 Å². The number of urea groups is 1. The van der Waals surface area contributed by atoms with Gasteiger partial charge in [-0.15, -0.1) is 0 Å². The predicted molar refractivity (Wildman–Crippen MR) is 69.4 cm³/mol. The zero-order valence-corrected chi connectivity index (χ0v) is 10.6. The number of hydrogen-bond donors (Lipinski definition) is 5. The van der Waals surface area contributed by atoms with Crippen LogP contribution in [0.2, 0.25) is 0 Å². The van der Waals surface area contributed by atoms with Crippen LogP contribution in [0.15, 0.2) is 4.99 Å². The zero-order chi connectivity index (χ0) is 14.7. The molecule has 0 aliphatic heterocycles. The van der Waals surface area contributed by atoms with Gasteiger partial charge in [0.15, 0.2) is 0 Å². The summed E-state index contributed by atoms with van der Waals surface area (Å²) >= 11 is 0. The first-order chi connectivity index (χ1) is 8.99. The lowest BCUT2D eigenvalue weighted by atomic mass is 10.1. The largest absolute Gasteiger partial charge is 0.350 e.